The van der Waals surface area contributed by atoms with Crippen LogP contribution in [-0.4, -0.2) is 43.7 Å². The second-order valence-electron chi connectivity index (χ2n) is 18.3. The Labute approximate surface area is 457 Å². The molecule has 0 fully saturated rings. The summed E-state index contributed by atoms with van der Waals surface area (Å²) in [5.41, 5.74) is 2.40. The Morgan fingerprint density at radius 3 is 1.32 bits per heavy atom. The summed E-state index contributed by atoms with van der Waals surface area (Å²) in [5, 5.41) is 18.7. The number of benzene rings is 7. The summed E-state index contributed by atoms with van der Waals surface area (Å²) in [7, 11) is 0. The number of unbranched alkanes of at least 4 members (excludes halogenated alkanes) is 10. The van der Waals surface area contributed by atoms with Gasteiger partial charge in [-0.2, -0.15) is 14.9 Å². The third-order valence-electron chi connectivity index (χ3n) is 12.5. The van der Waals surface area contributed by atoms with Gasteiger partial charge in [-0.05, 0) is 165 Å². The van der Waals surface area contributed by atoms with E-state index in [1.54, 1.807) is 36.4 Å². The predicted octanol–water partition coefficient (Wildman–Crippen LogP) is 14.8. The van der Waals surface area contributed by atoms with Crippen LogP contribution in [0.3, 0.4) is 0 Å². The molecule has 0 aliphatic rings. The topological polar surface area (TPSA) is 180 Å². The molecule has 0 bridgehead atoms. The largest absolute Gasteiger partial charge is 0.494 e. The van der Waals surface area contributed by atoms with Gasteiger partial charge >= 0.3 is 23.9 Å². The molecule has 0 N–H and O–H groups in total. The fraction of sp³-hybridized carbons (Fsp3) is 0.250. The Bertz CT molecular complexity index is 3240. The third kappa shape index (κ3) is 17.3. The highest BCUT2D eigenvalue weighted by atomic mass is 19.2. The highest BCUT2D eigenvalue weighted by Crippen LogP contribution is 2.29. The number of esters is 4. The Hall–Kier alpha value is -9.34. The van der Waals surface area contributed by atoms with Crippen molar-refractivity contribution in [3.63, 3.8) is 0 Å². The molecule has 0 aromatic heterocycles. The minimum absolute atomic E-state index is 0.0215. The molecule has 7 rings (SSSR count). The van der Waals surface area contributed by atoms with Crippen LogP contribution in [-0.2, 0) is 0 Å². The van der Waals surface area contributed by atoms with Gasteiger partial charge in [-0.3, -0.25) is 0 Å². The van der Waals surface area contributed by atoms with E-state index in [2.05, 4.69) is 13.0 Å². The van der Waals surface area contributed by atoms with Gasteiger partial charge in [0.05, 0.1) is 59.3 Å². The van der Waals surface area contributed by atoms with Gasteiger partial charge in [0.25, 0.3) is 0 Å². The molecule has 15 heteroatoms. The molecule has 0 aliphatic heterocycles. The second-order valence-corrected chi connectivity index (χ2v) is 18.3. The monoisotopic (exact) mass is 1070 g/mol. The summed E-state index contributed by atoms with van der Waals surface area (Å²) >= 11 is 0. The van der Waals surface area contributed by atoms with Gasteiger partial charge in [0.1, 0.15) is 34.8 Å². The number of rotatable bonds is 28. The van der Waals surface area contributed by atoms with Gasteiger partial charge < -0.3 is 33.2 Å². The maximum absolute atomic E-state index is 14.9. The van der Waals surface area contributed by atoms with Crippen LogP contribution in [0.25, 0.3) is 11.1 Å². The summed E-state index contributed by atoms with van der Waals surface area (Å²) < 4.78 is 68.7. The zero-order valence-electron chi connectivity index (χ0n) is 43.7. The van der Waals surface area contributed by atoms with Gasteiger partial charge in [0, 0.05) is 6.07 Å². The van der Waals surface area contributed by atoms with E-state index < -0.39 is 41.1 Å². The first-order chi connectivity index (χ1) is 38.5. The van der Waals surface area contributed by atoms with Crippen molar-refractivity contribution in [2.24, 2.45) is 0 Å². The zero-order chi connectivity index (χ0) is 55.8. The van der Waals surface area contributed by atoms with Crippen molar-refractivity contribution >= 4 is 23.9 Å². The lowest BCUT2D eigenvalue weighted by Crippen LogP contribution is -2.13. The van der Waals surface area contributed by atoms with Crippen LogP contribution in [0.4, 0.5) is 8.78 Å². The normalized spacial score (nSPS) is 10.6. The van der Waals surface area contributed by atoms with E-state index in [1.165, 1.54) is 98.5 Å². The van der Waals surface area contributed by atoms with Crippen molar-refractivity contribution in [2.45, 2.75) is 84.0 Å². The molecule has 79 heavy (non-hydrogen) atoms. The van der Waals surface area contributed by atoms with Gasteiger partial charge in [0.2, 0.25) is 5.82 Å². The Kier molecular flexibility index (Phi) is 21.7. The third-order valence-corrected chi connectivity index (χ3v) is 12.5. The average molecular weight is 1070 g/mol. The van der Waals surface area contributed by atoms with Crippen LogP contribution in [0.5, 0.6) is 40.2 Å². The lowest BCUT2D eigenvalue weighted by atomic mass is 10.0. The van der Waals surface area contributed by atoms with Crippen LogP contribution < -0.4 is 33.2 Å². The first kappa shape index (κ1) is 57.4. The molecule has 13 nitrogen and oxygen atoms in total. The van der Waals surface area contributed by atoms with Crippen molar-refractivity contribution in [1.29, 1.82) is 10.5 Å². The fourth-order valence-electron chi connectivity index (χ4n) is 8.04. The summed E-state index contributed by atoms with van der Waals surface area (Å²) in [5.74, 6) is -5.27. The quantitative estimate of drug-likeness (QED) is 0.0257. The summed E-state index contributed by atoms with van der Waals surface area (Å²) in [4.78, 5) is 52.0. The molecule has 0 heterocycles. The summed E-state index contributed by atoms with van der Waals surface area (Å²) in [6, 6.07) is 42.8. The van der Waals surface area contributed by atoms with Crippen molar-refractivity contribution < 1.29 is 61.1 Å². The highest BCUT2D eigenvalue weighted by Gasteiger charge is 2.22. The Morgan fingerprint density at radius 2 is 0.810 bits per heavy atom. The van der Waals surface area contributed by atoms with Crippen molar-refractivity contribution in [2.75, 3.05) is 19.8 Å². The molecule has 0 unspecified atom stereocenters. The predicted molar refractivity (Wildman–Crippen MR) is 291 cm³/mol. The second kappa shape index (κ2) is 29.8. The molecular weight excluding hydrogens is 1010 g/mol. The van der Waals surface area contributed by atoms with E-state index in [0.29, 0.717) is 36.5 Å². The molecule has 0 radical (unpaired) electrons. The number of hydrogen-bond acceptors (Lipinski definition) is 13. The zero-order valence-corrected chi connectivity index (χ0v) is 43.7. The minimum atomic E-state index is -1.42. The molecule has 0 amide bonds. The molecule has 7 aromatic carbocycles. The molecule has 0 aliphatic carbocycles. The van der Waals surface area contributed by atoms with Crippen LogP contribution in [0, 0.1) is 34.3 Å². The average Bonchev–Trinajstić information content (AvgIpc) is 3.49. The van der Waals surface area contributed by atoms with Crippen molar-refractivity contribution in [3.8, 4) is 63.5 Å². The number of carbonyl (C=O) groups excluding carboxylic acids is 4. The fourth-order valence-corrected chi connectivity index (χ4v) is 8.04. The van der Waals surface area contributed by atoms with E-state index in [9.17, 15) is 33.2 Å². The van der Waals surface area contributed by atoms with Crippen LogP contribution in [0.15, 0.2) is 152 Å². The van der Waals surface area contributed by atoms with Gasteiger partial charge in [-0.25, -0.2) is 23.6 Å². The minimum Gasteiger partial charge on any atom is -0.494 e. The SMILES string of the molecule is CCCCCCCCCCOc1ccc(C(=O)Oc2ccc(C(=O)Oc3cc(OC(=O)c4ccc(OC(=O)c5ccc(OCCCCCCOc6ccc(-c7ccc(C#N)cc7)cc6)cc5)cc4)ccc3C#N)cc2)c(F)c1F. The lowest BCUT2D eigenvalue weighted by Gasteiger charge is -2.11. The number of nitriles is 2. The van der Waals surface area contributed by atoms with Crippen molar-refractivity contribution in [3.05, 3.63) is 197 Å². The Morgan fingerprint density at radius 1 is 0.392 bits per heavy atom. The van der Waals surface area contributed by atoms with Gasteiger partial charge in [0.15, 0.2) is 17.3 Å². The first-order valence-corrected chi connectivity index (χ1v) is 26.2. The summed E-state index contributed by atoms with van der Waals surface area (Å²) in [6.07, 6.45) is 12.2. The van der Waals surface area contributed by atoms with Gasteiger partial charge in [-0.15, -0.1) is 0 Å². The molecule has 0 saturated heterocycles. The number of ether oxygens (including phenoxy) is 7. The highest BCUT2D eigenvalue weighted by molar-refractivity contribution is 5.94. The lowest BCUT2D eigenvalue weighted by molar-refractivity contribution is 0.0719. The van der Waals surface area contributed by atoms with Crippen LogP contribution in [0.2, 0.25) is 0 Å². The molecule has 0 atom stereocenters. The number of nitrogens with zero attached hydrogens (tertiary/aromatic N) is 2. The van der Waals surface area contributed by atoms with Crippen LogP contribution in [0.1, 0.15) is 137 Å². The maximum atomic E-state index is 14.9. The number of hydrogen-bond donors (Lipinski definition) is 0. The molecule has 0 spiro atoms. The van der Waals surface area contributed by atoms with E-state index in [-0.39, 0.29) is 52.0 Å². The number of carbonyl (C=O) groups is 4. The van der Waals surface area contributed by atoms with E-state index in [0.717, 1.165) is 67.9 Å². The molecule has 7 aromatic rings. The molecule has 0 saturated carbocycles. The maximum Gasteiger partial charge on any atom is 0.346 e. The smallest absolute Gasteiger partial charge is 0.346 e. The Balaban J connectivity index is 0.799. The van der Waals surface area contributed by atoms with Crippen molar-refractivity contribution in [1.82, 2.24) is 0 Å². The van der Waals surface area contributed by atoms with E-state index in [1.807, 2.05) is 42.5 Å². The van der Waals surface area contributed by atoms with Crippen LogP contribution >= 0.6 is 0 Å². The summed E-state index contributed by atoms with van der Waals surface area (Å²) in [6.45, 7) is 3.49. The van der Waals surface area contributed by atoms with E-state index >= 15 is 0 Å². The standard InChI is InChI=1S/C64H58F2N2O11/c1-2-3-4-5-6-7-8-13-40-75-57-37-36-56(59(65)60(57)66)64(72)77-54-33-24-49(25-34-54)63(71)79-58-41-55(35-26-50(58)43-68)78-62(70)48-22-31-53(32-23-48)76-61(69)47-20-29-52(30-21-47)74-39-12-10-9-11-38-73-51-27-18-46(19-28-51)45-16-14-44(42-67)15-17-45/h14-37,41H,2-13,38-40H2,1H3. The first-order valence-electron chi connectivity index (χ1n) is 26.2. The van der Waals surface area contributed by atoms with E-state index in [4.69, 9.17) is 38.4 Å². The number of halogens is 2. The van der Waals surface area contributed by atoms with Gasteiger partial charge in [-0.1, -0.05) is 76.1 Å². The molecular formula is C64H58F2N2O11. The molecule has 404 valence electrons.